The second kappa shape index (κ2) is 3.63. The lowest BCUT2D eigenvalue weighted by molar-refractivity contribution is -0.142. The number of rotatable bonds is 3. The Morgan fingerprint density at radius 2 is 1.95 bits per heavy atom. The van der Waals surface area contributed by atoms with Crippen molar-refractivity contribution in [3.8, 4) is 5.69 Å². The van der Waals surface area contributed by atoms with Crippen molar-refractivity contribution in [1.29, 1.82) is 0 Å². The lowest BCUT2D eigenvalue weighted by Crippen LogP contribution is -2.26. The lowest BCUT2D eigenvalue weighted by atomic mass is 9.99. The third kappa shape index (κ3) is 1.56. The normalized spacial score (nSPS) is 24.1. The van der Waals surface area contributed by atoms with E-state index in [1.165, 1.54) is 17.1 Å². The van der Waals surface area contributed by atoms with Crippen molar-refractivity contribution in [2.75, 3.05) is 0 Å². The number of aromatic nitrogens is 2. The Morgan fingerprint density at radius 3 is 2.47 bits per heavy atom. The molecule has 1 saturated carbocycles. The van der Waals surface area contributed by atoms with Gasteiger partial charge in [-0.25, -0.2) is 13.5 Å². The van der Waals surface area contributed by atoms with E-state index in [4.69, 9.17) is 5.11 Å². The van der Waals surface area contributed by atoms with Crippen LogP contribution >= 0.6 is 0 Å². The van der Waals surface area contributed by atoms with E-state index in [0.29, 0.717) is 5.69 Å². The van der Waals surface area contributed by atoms with Crippen molar-refractivity contribution in [1.82, 2.24) is 9.78 Å². The average Bonchev–Trinajstić information content (AvgIpc) is 2.77. The topological polar surface area (TPSA) is 55.1 Å². The largest absolute Gasteiger partial charge is 0.480 e. The minimum atomic E-state index is -3.20. The number of aliphatic carboxylic acids is 1. The first-order valence-corrected chi connectivity index (χ1v) is 5.69. The molecule has 1 aromatic carbocycles. The standard InChI is InChI=1S/C13H10F2N2O2/c14-13(15)8-12(13,11(18)19)9-6-16-17(7-9)10-4-2-1-3-5-10/h1-7H,8H2,(H,18,19). The zero-order valence-electron chi connectivity index (χ0n) is 9.75. The first kappa shape index (κ1) is 11.8. The Hall–Kier alpha value is -2.24. The van der Waals surface area contributed by atoms with Crippen LogP contribution in [0.5, 0.6) is 0 Å². The van der Waals surface area contributed by atoms with Crippen LogP contribution in [0.4, 0.5) is 8.78 Å². The number of hydrogen-bond acceptors (Lipinski definition) is 2. The molecule has 0 aliphatic heterocycles. The van der Waals surface area contributed by atoms with Gasteiger partial charge in [0.15, 0.2) is 5.41 Å². The molecule has 1 aliphatic rings. The molecule has 0 radical (unpaired) electrons. The Bertz CT molecular complexity index is 639. The molecule has 6 heteroatoms. The van der Waals surface area contributed by atoms with Crippen LogP contribution in [-0.2, 0) is 10.2 Å². The molecule has 0 amide bonds. The van der Waals surface area contributed by atoms with Crippen LogP contribution in [0.3, 0.4) is 0 Å². The van der Waals surface area contributed by atoms with Gasteiger partial charge in [-0.2, -0.15) is 5.10 Å². The summed E-state index contributed by atoms with van der Waals surface area (Å²) in [6.45, 7) is 0. The predicted molar refractivity (Wildman–Crippen MR) is 62.4 cm³/mol. The number of halogens is 2. The minimum absolute atomic E-state index is 0.0360. The smallest absolute Gasteiger partial charge is 0.320 e. The molecule has 0 spiro atoms. The highest BCUT2D eigenvalue weighted by molar-refractivity contribution is 5.87. The van der Waals surface area contributed by atoms with Gasteiger partial charge in [0.05, 0.1) is 11.9 Å². The fourth-order valence-electron chi connectivity index (χ4n) is 2.22. The molecule has 19 heavy (non-hydrogen) atoms. The quantitative estimate of drug-likeness (QED) is 0.924. The lowest BCUT2D eigenvalue weighted by Gasteiger charge is -2.08. The minimum Gasteiger partial charge on any atom is -0.480 e. The molecule has 1 aliphatic carbocycles. The van der Waals surface area contributed by atoms with E-state index in [2.05, 4.69) is 5.10 Å². The van der Waals surface area contributed by atoms with E-state index in [1.807, 2.05) is 6.07 Å². The summed E-state index contributed by atoms with van der Waals surface area (Å²) in [5.74, 6) is -4.71. The first-order valence-electron chi connectivity index (χ1n) is 5.69. The molecule has 1 fully saturated rings. The van der Waals surface area contributed by atoms with E-state index in [0.717, 1.165) is 0 Å². The number of benzene rings is 1. The van der Waals surface area contributed by atoms with Crippen molar-refractivity contribution in [3.05, 3.63) is 48.3 Å². The Labute approximate surface area is 107 Å². The van der Waals surface area contributed by atoms with Crippen molar-refractivity contribution in [2.45, 2.75) is 17.8 Å². The molecule has 0 saturated heterocycles. The highest BCUT2D eigenvalue weighted by atomic mass is 19.3. The molecule has 0 bridgehead atoms. The van der Waals surface area contributed by atoms with E-state index in [9.17, 15) is 13.6 Å². The second-order valence-electron chi connectivity index (χ2n) is 4.60. The molecule has 1 aromatic heterocycles. The second-order valence-corrected chi connectivity index (χ2v) is 4.60. The highest BCUT2D eigenvalue weighted by Crippen LogP contribution is 2.61. The van der Waals surface area contributed by atoms with Gasteiger partial charge in [0.25, 0.3) is 5.92 Å². The molecule has 1 atom stereocenters. The maximum Gasteiger partial charge on any atom is 0.320 e. The van der Waals surface area contributed by atoms with Gasteiger partial charge in [0.2, 0.25) is 0 Å². The summed E-state index contributed by atoms with van der Waals surface area (Å²) in [5, 5.41) is 13.0. The fourth-order valence-corrected chi connectivity index (χ4v) is 2.22. The van der Waals surface area contributed by atoms with E-state index in [1.54, 1.807) is 24.3 Å². The van der Waals surface area contributed by atoms with Gasteiger partial charge in [0.1, 0.15) is 0 Å². The third-order valence-corrected chi connectivity index (χ3v) is 3.45. The van der Waals surface area contributed by atoms with Crippen LogP contribution in [0.2, 0.25) is 0 Å². The zero-order valence-corrected chi connectivity index (χ0v) is 9.75. The molecule has 98 valence electrons. The van der Waals surface area contributed by atoms with E-state index < -0.39 is 23.7 Å². The third-order valence-electron chi connectivity index (χ3n) is 3.45. The van der Waals surface area contributed by atoms with Gasteiger partial charge in [-0.1, -0.05) is 18.2 Å². The molecule has 4 nitrogen and oxygen atoms in total. The van der Waals surface area contributed by atoms with Crippen molar-refractivity contribution >= 4 is 5.97 Å². The highest BCUT2D eigenvalue weighted by Gasteiger charge is 2.77. The number of carboxylic acid groups (broad SMARTS) is 1. The summed E-state index contributed by atoms with van der Waals surface area (Å²) >= 11 is 0. The van der Waals surface area contributed by atoms with Crippen LogP contribution < -0.4 is 0 Å². The summed E-state index contributed by atoms with van der Waals surface area (Å²) < 4.78 is 28.2. The number of carboxylic acids is 1. The van der Waals surface area contributed by atoms with E-state index >= 15 is 0 Å². The monoisotopic (exact) mass is 264 g/mol. The van der Waals surface area contributed by atoms with Crippen LogP contribution in [0.15, 0.2) is 42.7 Å². The summed E-state index contributed by atoms with van der Waals surface area (Å²) in [6.07, 6.45) is 1.88. The van der Waals surface area contributed by atoms with Crippen molar-refractivity contribution < 1.29 is 18.7 Å². The molecule has 1 heterocycles. The average molecular weight is 264 g/mol. The van der Waals surface area contributed by atoms with Crippen LogP contribution in [0, 0.1) is 0 Å². The Morgan fingerprint density at radius 1 is 1.32 bits per heavy atom. The van der Waals surface area contributed by atoms with Crippen LogP contribution in [-0.4, -0.2) is 26.8 Å². The maximum atomic E-state index is 13.4. The van der Waals surface area contributed by atoms with Gasteiger partial charge < -0.3 is 5.11 Å². The molecule has 3 rings (SSSR count). The predicted octanol–water partition coefficient (Wildman–Crippen LogP) is 2.23. The summed E-state index contributed by atoms with van der Waals surface area (Å²) in [7, 11) is 0. The summed E-state index contributed by atoms with van der Waals surface area (Å²) in [5.41, 5.74) is -1.38. The Kier molecular flexibility index (Phi) is 2.26. The van der Waals surface area contributed by atoms with Gasteiger partial charge in [0, 0.05) is 18.2 Å². The summed E-state index contributed by atoms with van der Waals surface area (Å²) in [4.78, 5) is 11.1. The summed E-state index contributed by atoms with van der Waals surface area (Å²) in [6, 6.07) is 8.91. The van der Waals surface area contributed by atoms with Crippen molar-refractivity contribution in [3.63, 3.8) is 0 Å². The van der Waals surface area contributed by atoms with E-state index in [-0.39, 0.29) is 5.56 Å². The van der Waals surface area contributed by atoms with Crippen LogP contribution in [0.1, 0.15) is 12.0 Å². The Balaban J connectivity index is 2.01. The van der Waals surface area contributed by atoms with Gasteiger partial charge in [-0.05, 0) is 12.1 Å². The molecule has 1 N–H and O–H groups in total. The number of nitrogens with zero attached hydrogens (tertiary/aromatic N) is 2. The SMILES string of the molecule is O=C(O)C1(c2cnn(-c3ccccc3)c2)CC1(F)F. The maximum absolute atomic E-state index is 13.4. The molecular formula is C13H10F2N2O2. The van der Waals surface area contributed by atoms with Crippen molar-refractivity contribution in [2.24, 2.45) is 0 Å². The van der Waals surface area contributed by atoms with Gasteiger partial charge >= 0.3 is 5.97 Å². The van der Waals surface area contributed by atoms with Crippen LogP contribution in [0.25, 0.3) is 5.69 Å². The molecular weight excluding hydrogens is 254 g/mol. The number of hydrogen-bond donors (Lipinski definition) is 1. The first-order chi connectivity index (χ1) is 8.97. The zero-order chi connectivity index (χ0) is 13.7. The number of para-hydroxylation sites is 1. The van der Waals surface area contributed by atoms with Gasteiger partial charge in [-0.3, -0.25) is 4.79 Å². The molecule has 1 unspecified atom stereocenters. The number of alkyl halides is 2. The fraction of sp³-hybridized carbons (Fsp3) is 0.231. The number of carbonyl (C=O) groups is 1. The molecule has 2 aromatic rings. The van der Waals surface area contributed by atoms with Gasteiger partial charge in [-0.15, -0.1) is 0 Å².